The molecule has 0 amide bonds. The van der Waals surface area contributed by atoms with Crippen LogP contribution in [0.4, 0.5) is 0 Å². The summed E-state index contributed by atoms with van der Waals surface area (Å²) in [4.78, 5) is 0. The van der Waals surface area contributed by atoms with Crippen molar-refractivity contribution in [2.45, 2.75) is 0 Å². The van der Waals surface area contributed by atoms with E-state index in [1.54, 1.807) is 0 Å². The molecule has 9 nitrogen and oxygen atoms in total. The van der Waals surface area contributed by atoms with Gasteiger partial charge in [-0.05, 0) is 180 Å². The lowest BCUT2D eigenvalue weighted by atomic mass is 9.97. The largest absolute Gasteiger partial charge is 0.456 e. The van der Waals surface area contributed by atoms with E-state index in [0.717, 1.165) is 193 Å². The zero-order chi connectivity index (χ0) is 89.8. The van der Waals surface area contributed by atoms with Gasteiger partial charge in [-0.3, -0.25) is 0 Å². The molecule has 21 aromatic carbocycles. The molecule has 33 aromatic rings. The van der Waals surface area contributed by atoms with Crippen molar-refractivity contribution in [1.82, 2.24) is 13.7 Å². The zero-order valence-electron chi connectivity index (χ0n) is 73.4. The SMILES string of the molecule is c1ccc2c(c1)oc1c2ccc2c1c1ccccc1n2-c1ccc2oc3c(-c4cccc5sc6ccccc6c45)cccc3c2c1.c1ccc2c(c1)oc1cc3c4ccccc4n(-c4ccc5oc6c(-c7cccc8sc9ccccc9c78)cccc6c5c4)c3cc12.c1ccc2c(c1)oc1ccc3c(c4ccccc4n3-c3ccc4oc5c(-c6cccc7sc8ccccc8c67)cccc5c4c3)c12. The van der Waals surface area contributed by atoms with E-state index in [1.165, 1.54) is 115 Å². The summed E-state index contributed by atoms with van der Waals surface area (Å²) < 4.78 is 54.1. The van der Waals surface area contributed by atoms with Crippen molar-refractivity contribution in [3.05, 3.63) is 419 Å². The fourth-order valence-electron chi connectivity index (χ4n) is 22.9. The van der Waals surface area contributed by atoms with Gasteiger partial charge in [0.1, 0.15) is 67.0 Å². The molecule has 642 valence electrons. The second kappa shape index (κ2) is 29.0. The van der Waals surface area contributed by atoms with Crippen molar-refractivity contribution in [3.63, 3.8) is 0 Å². The maximum Gasteiger partial charge on any atom is 0.145 e. The standard InChI is InChI=1S/3C42H23NO2S/c1-4-15-33-30(10-1)40-34(21-20-29-25-9-2-5-16-35(25)45-42(29)40)43(33)24-19-22-36-32(23-24)28-14-7-13-27(41(28)44-36)26-12-8-18-38-39(26)31-11-3-6-17-37(31)46-38;1-4-15-32-28(9-1)40-33(20-22-36-41(40)29-10-2-5-16-34(29)44-36)43(32)24-19-21-35-31(23-24)27-14-7-13-26(42(27)45-35)25-12-8-18-38-39(25)30-11-3-6-17-37(30)46-38;1-4-15-34-25(9-1)31-23-38-33(26-10-2-5-16-36(26)44-38)22-35(31)43(34)24-19-20-37-32(21-24)29-14-7-13-28(42(29)45-37)27-12-8-18-40-41(27)30-11-3-6-17-39(30)46-40/h3*1-23H. The lowest BCUT2D eigenvalue weighted by Crippen LogP contribution is -1.93. The van der Waals surface area contributed by atoms with Crippen LogP contribution < -0.4 is 0 Å². The maximum atomic E-state index is 6.70. The molecule has 0 spiro atoms. The first-order chi connectivity index (χ1) is 68.4. The van der Waals surface area contributed by atoms with Crippen molar-refractivity contribution >= 4 is 292 Å². The third kappa shape index (κ3) is 10.9. The van der Waals surface area contributed by atoms with Crippen LogP contribution in [0.2, 0.25) is 0 Å². The Morgan fingerprint density at radius 1 is 0.138 bits per heavy atom. The second-order valence-corrected chi connectivity index (χ2v) is 39.4. The summed E-state index contributed by atoms with van der Waals surface area (Å²) in [5.74, 6) is 0. The van der Waals surface area contributed by atoms with E-state index in [-0.39, 0.29) is 0 Å². The van der Waals surface area contributed by atoms with Crippen LogP contribution in [-0.4, -0.2) is 13.7 Å². The van der Waals surface area contributed by atoms with Crippen molar-refractivity contribution < 1.29 is 26.5 Å². The number of rotatable bonds is 6. The fourth-order valence-corrected chi connectivity index (χ4v) is 26.3. The minimum Gasteiger partial charge on any atom is -0.456 e. The molecule has 0 aliphatic heterocycles. The Morgan fingerprint density at radius 3 is 0.942 bits per heavy atom. The van der Waals surface area contributed by atoms with Gasteiger partial charge in [0.25, 0.3) is 0 Å². The summed E-state index contributed by atoms with van der Waals surface area (Å²) in [6.45, 7) is 0. The molecule has 0 radical (unpaired) electrons. The van der Waals surface area contributed by atoms with Crippen LogP contribution in [0.5, 0.6) is 0 Å². The van der Waals surface area contributed by atoms with Gasteiger partial charge in [-0.2, -0.15) is 0 Å². The van der Waals surface area contributed by atoms with Crippen molar-refractivity contribution in [3.8, 4) is 50.4 Å². The highest BCUT2D eigenvalue weighted by Gasteiger charge is 2.28. The van der Waals surface area contributed by atoms with Gasteiger partial charge in [0.05, 0.1) is 38.5 Å². The highest BCUT2D eigenvalue weighted by molar-refractivity contribution is 7.26. The molecule has 0 fully saturated rings. The van der Waals surface area contributed by atoms with Gasteiger partial charge in [0, 0.05) is 186 Å². The van der Waals surface area contributed by atoms with Gasteiger partial charge in [0.2, 0.25) is 0 Å². The molecule has 12 aromatic heterocycles. The third-order valence-electron chi connectivity index (χ3n) is 28.8. The summed E-state index contributed by atoms with van der Waals surface area (Å²) in [5, 5.41) is 28.4. The number of benzene rings is 21. The summed E-state index contributed by atoms with van der Waals surface area (Å²) >= 11 is 5.54. The second-order valence-electron chi connectivity index (χ2n) is 36.1. The lowest BCUT2D eigenvalue weighted by molar-refractivity contribution is 0.669. The Hall–Kier alpha value is -17.5. The van der Waals surface area contributed by atoms with Crippen molar-refractivity contribution in [2.75, 3.05) is 0 Å². The summed E-state index contributed by atoms with van der Waals surface area (Å²) in [5.41, 5.74) is 28.1. The average Bonchev–Trinajstić information content (AvgIpc) is 1.56. The maximum absolute atomic E-state index is 6.70. The number of hydrogen-bond acceptors (Lipinski definition) is 9. The van der Waals surface area contributed by atoms with Gasteiger partial charge in [-0.15, -0.1) is 34.0 Å². The molecular weight excluding hydrogens is 1750 g/mol. The molecule has 0 saturated heterocycles. The third-order valence-corrected chi connectivity index (χ3v) is 32.2. The number of aromatic nitrogens is 3. The van der Waals surface area contributed by atoms with Crippen LogP contribution in [0.15, 0.2) is 445 Å². The number of thiophene rings is 3. The first-order valence-corrected chi connectivity index (χ1v) is 49.0. The molecule has 0 saturated carbocycles. The first kappa shape index (κ1) is 76.0. The smallest absolute Gasteiger partial charge is 0.145 e. The van der Waals surface area contributed by atoms with Crippen molar-refractivity contribution in [2.24, 2.45) is 0 Å². The highest BCUT2D eigenvalue weighted by atomic mass is 32.1. The molecule has 0 atom stereocenters. The van der Waals surface area contributed by atoms with E-state index < -0.39 is 0 Å². The van der Waals surface area contributed by atoms with Gasteiger partial charge in [0.15, 0.2) is 0 Å². The average molecular weight is 1820 g/mol. The number of para-hydroxylation sites is 9. The Morgan fingerprint density at radius 2 is 0.449 bits per heavy atom. The summed E-state index contributed by atoms with van der Waals surface area (Å²) in [6, 6.07) is 149. The Balaban J connectivity index is 0.0000000959. The van der Waals surface area contributed by atoms with E-state index in [9.17, 15) is 0 Å². The molecule has 12 heteroatoms. The molecule has 0 aliphatic rings. The summed E-state index contributed by atoms with van der Waals surface area (Å²) in [7, 11) is 0. The molecule has 0 N–H and O–H groups in total. The summed E-state index contributed by atoms with van der Waals surface area (Å²) in [6.07, 6.45) is 0. The van der Waals surface area contributed by atoms with E-state index in [4.69, 9.17) is 26.5 Å². The first-order valence-electron chi connectivity index (χ1n) is 46.5. The minimum atomic E-state index is 0.883. The van der Waals surface area contributed by atoms with Gasteiger partial charge in [-0.25, -0.2) is 0 Å². The van der Waals surface area contributed by atoms with E-state index in [0.29, 0.717) is 0 Å². The van der Waals surface area contributed by atoms with Crippen LogP contribution >= 0.6 is 34.0 Å². The molecule has 12 heterocycles. The van der Waals surface area contributed by atoms with Crippen molar-refractivity contribution in [1.29, 1.82) is 0 Å². The Bertz CT molecular complexity index is 10900. The number of nitrogens with zero attached hydrogens (tertiary/aromatic N) is 3. The Labute approximate surface area is 794 Å². The topological polar surface area (TPSA) is 93.6 Å². The van der Waals surface area contributed by atoms with Gasteiger partial charge in [-0.1, -0.05) is 255 Å². The quantitative estimate of drug-likeness (QED) is 0.165. The number of furan rings is 6. The molecule has 0 bridgehead atoms. The monoisotopic (exact) mass is 1820 g/mol. The lowest BCUT2D eigenvalue weighted by Gasteiger charge is -2.08. The van der Waals surface area contributed by atoms with Gasteiger partial charge >= 0.3 is 0 Å². The predicted octanol–water partition coefficient (Wildman–Crippen LogP) is 37.9. The fraction of sp³-hybridized carbons (Fsp3) is 0. The molecule has 0 aliphatic carbocycles. The normalized spacial score (nSPS) is 12.3. The molecule has 33 rings (SSSR count). The molecule has 138 heavy (non-hydrogen) atoms. The van der Waals surface area contributed by atoms with E-state index >= 15 is 0 Å². The number of hydrogen-bond donors (Lipinski definition) is 0. The van der Waals surface area contributed by atoms with E-state index in [1.807, 2.05) is 70.4 Å². The zero-order valence-corrected chi connectivity index (χ0v) is 75.8. The van der Waals surface area contributed by atoms with Crippen LogP contribution in [-0.2, 0) is 0 Å². The molecular formula is C126H69N3O6S3. The van der Waals surface area contributed by atoms with Crippen LogP contribution in [0.25, 0.3) is 308 Å². The van der Waals surface area contributed by atoms with Crippen LogP contribution in [0.3, 0.4) is 0 Å². The number of fused-ring (bicyclic) bond motifs is 38. The molecule has 0 unspecified atom stereocenters. The predicted molar refractivity (Wildman–Crippen MR) is 581 cm³/mol. The van der Waals surface area contributed by atoms with Gasteiger partial charge < -0.3 is 40.2 Å². The highest BCUT2D eigenvalue weighted by Crippen LogP contribution is 2.52. The van der Waals surface area contributed by atoms with E-state index in [2.05, 4.69) is 396 Å². The van der Waals surface area contributed by atoms with Crippen LogP contribution in [0, 0.1) is 0 Å². The van der Waals surface area contributed by atoms with Crippen LogP contribution in [0.1, 0.15) is 0 Å². The minimum absolute atomic E-state index is 0.883. The Kier molecular flexibility index (Phi) is 16.0.